The van der Waals surface area contributed by atoms with Gasteiger partial charge in [0.15, 0.2) is 0 Å². The van der Waals surface area contributed by atoms with Crippen molar-refractivity contribution in [1.82, 2.24) is 5.32 Å². The second-order valence-electron chi connectivity index (χ2n) is 5.35. The minimum absolute atomic E-state index is 0.168. The number of aryl methyl sites for hydroxylation is 2. The number of hydrogen-bond donors (Lipinski definition) is 2. The van der Waals surface area contributed by atoms with E-state index in [9.17, 15) is 5.11 Å². The van der Waals surface area contributed by atoms with Crippen LogP contribution < -0.4 is 5.32 Å². The number of aliphatic hydroxyl groups excluding tert-OH is 1. The van der Waals surface area contributed by atoms with Gasteiger partial charge in [0, 0.05) is 15.7 Å². The fourth-order valence-corrected chi connectivity index (χ4v) is 3.25. The molecule has 0 heterocycles. The summed E-state index contributed by atoms with van der Waals surface area (Å²) >= 11 is 1.87. The average molecular weight is 267 g/mol. The molecule has 0 aromatic heterocycles. The van der Waals surface area contributed by atoms with E-state index in [0.29, 0.717) is 5.25 Å². The number of rotatable bonds is 6. The van der Waals surface area contributed by atoms with E-state index < -0.39 is 0 Å². The first-order valence-corrected chi connectivity index (χ1v) is 7.32. The monoisotopic (exact) mass is 267 g/mol. The lowest BCUT2D eigenvalue weighted by atomic mass is 9.97. The summed E-state index contributed by atoms with van der Waals surface area (Å²) in [5.74, 6) is 0. The van der Waals surface area contributed by atoms with Gasteiger partial charge in [-0.3, -0.25) is 0 Å². The molecule has 0 aliphatic carbocycles. The fourth-order valence-electron chi connectivity index (χ4n) is 1.94. The molecule has 1 aromatic rings. The van der Waals surface area contributed by atoms with Crippen LogP contribution in [0.3, 0.4) is 0 Å². The van der Waals surface area contributed by atoms with Crippen LogP contribution in [0, 0.1) is 13.8 Å². The van der Waals surface area contributed by atoms with Gasteiger partial charge in [-0.15, -0.1) is 11.8 Å². The van der Waals surface area contributed by atoms with E-state index in [1.807, 2.05) is 18.8 Å². The Morgan fingerprint density at radius 1 is 1.33 bits per heavy atom. The predicted molar refractivity (Wildman–Crippen MR) is 80.4 cm³/mol. The molecule has 2 atom stereocenters. The van der Waals surface area contributed by atoms with Gasteiger partial charge in [0.1, 0.15) is 0 Å². The summed E-state index contributed by atoms with van der Waals surface area (Å²) in [5.41, 5.74) is 2.49. The van der Waals surface area contributed by atoms with Gasteiger partial charge in [0.25, 0.3) is 0 Å². The molecule has 1 rings (SSSR count). The number of nitrogens with one attached hydrogen (secondary N) is 1. The van der Waals surface area contributed by atoms with Crippen LogP contribution in [0.5, 0.6) is 0 Å². The molecule has 102 valence electrons. The molecule has 0 amide bonds. The molecule has 0 radical (unpaired) electrons. The first kappa shape index (κ1) is 15.5. The molecular weight excluding hydrogens is 242 g/mol. The van der Waals surface area contributed by atoms with Crippen molar-refractivity contribution in [3.63, 3.8) is 0 Å². The number of hydrogen-bond acceptors (Lipinski definition) is 3. The molecule has 0 aliphatic rings. The van der Waals surface area contributed by atoms with Crippen molar-refractivity contribution in [3.05, 3.63) is 29.3 Å². The maximum Gasteiger partial charge on any atom is 0.0610 e. The van der Waals surface area contributed by atoms with Gasteiger partial charge in [0.05, 0.1) is 6.61 Å². The first-order valence-electron chi connectivity index (χ1n) is 6.44. The van der Waals surface area contributed by atoms with Crippen LogP contribution in [0.15, 0.2) is 23.1 Å². The largest absolute Gasteiger partial charge is 0.394 e. The number of thioether (sulfide) groups is 1. The first-order chi connectivity index (χ1) is 8.40. The van der Waals surface area contributed by atoms with Crippen LogP contribution in [-0.2, 0) is 0 Å². The van der Waals surface area contributed by atoms with Crippen LogP contribution in [0.4, 0.5) is 0 Å². The summed E-state index contributed by atoms with van der Waals surface area (Å²) < 4.78 is 0. The molecule has 0 spiro atoms. The zero-order valence-electron chi connectivity index (χ0n) is 12.1. The van der Waals surface area contributed by atoms with Crippen LogP contribution in [-0.4, -0.2) is 29.5 Å². The van der Waals surface area contributed by atoms with E-state index in [-0.39, 0.29) is 12.1 Å². The summed E-state index contributed by atoms with van der Waals surface area (Å²) in [4.78, 5) is 1.31. The third-order valence-corrected chi connectivity index (χ3v) is 4.60. The normalized spacial score (nSPS) is 16.3. The summed E-state index contributed by atoms with van der Waals surface area (Å²) in [7, 11) is 1.91. The molecule has 2 nitrogen and oxygen atoms in total. The van der Waals surface area contributed by atoms with Crippen molar-refractivity contribution >= 4 is 11.8 Å². The lowest BCUT2D eigenvalue weighted by molar-refractivity contribution is 0.174. The van der Waals surface area contributed by atoms with Gasteiger partial charge in [-0.2, -0.15) is 0 Å². The SMILES string of the molecule is CNC(C)(CO)CC(C)Sc1ccc(C)c(C)c1. The number of aliphatic hydroxyl groups is 1. The molecule has 3 heteroatoms. The van der Waals surface area contributed by atoms with Crippen molar-refractivity contribution in [2.45, 2.75) is 49.8 Å². The summed E-state index contributed by atoms with van der Waals surface area (Å²) in [6.45, 7) is 8.73. The molecule has 2 unspecified atom stereocenters. The zero-order valence-corrected chi connectivity index (χ0v) is 12.9. The highest BCUT2D eigenvalue weighted by Gasteiger charge is 2.24. The Labute approximate surface area is 115 Å². The van der Waals surface area contributed by atoms with Crippen LogP contribution in [0.1, 0.15) is 31.4 Å². The molecule has 0 aliphatic heterocycles. The Hall–Kier alpha value is -0.510. The predicted octanol–water partition coefficient (Wildman–Crippen LogP) is 3.14. The minimum Gasteiger partial charge on any atom is -0.394 e. The maximum atomic E-state index is 9.41. The summed E-state index contributed by atoms with van der Waals surface area (Å²) in [6, 6.07) is 6.60. The van der Waals surface area contributed by atoms with Gasteiger partial charge in [-0.05, 0) is 57.5 Å². The van der Waals surface area contributed by atoms with Crippen molar-refractivity contribution in [3.8, 4) is 0 Å². The summed E-state index contributed by atoms with van der Waals surface area (Å²) in [5, 5.41) is 13.1. The van der Waals surface area contributed by atoms with E-state index in [1.165, 1.54) is 16.0 Å². The molecule has 18 heavy (non-hydrogen) atoms. The number of likely N-dealkylation sites (N-methyl/N-ethyl adjacent to an activating group) is 1. The molecule has 0 saturated carbocycles. The van der Waals surface area contributed by atoms with Crippen LogP contribution in [0.25, 0.3) is 0 Å². The van der Waals surface area contributed by atoms with Crippen molar-refractivity contribution in [2.24, 2.45) is 0 Å². The quantitative estimate of drug-likeness (QED) is 0.777. The maximum absolute atomic E-state index is 9.41. The smallest absolute Gasteiger partial charge is 0.0610 e. The highest BCUT2D eigenvalue weighted by molar-refractivity contribution is 7.99. The Kier molecular flexibility index (Phi) is 5.70. The zero-order chi connectivity index (χ0) is 13.8. The van der Waals surface area contributed by atoms with E-state index in [2.05, 4.69) is 51.2 Å². The average Bonchev–Trinajstić information content (AvgIpc) is 2.33. The lowest BCUT2D eigenvalue weighted by Crippen LogP contribution is -2.45. The van der Waals surface area contributed by atoms with Crippen LogP contribution >= 0.6 is 11.8 Å². The van der Waals surface area contributed by atoms with Crippen molar-refractivity contribution in [2.75, 3.05) is 13.7 Å². The third-order valence-electron chi connectivity index (χ3n) is 3.51. The van der Waals surface area contributed by atoms with Gasteiger partial charge < -0.3 is 10.4 Å². The Morgan fingerprint density at radius 2 is 2.00 bits per heavy atom. The molecule has 2 N–H and O–H groups in total. The highest BCUT2D eigenvalue weighted by atomic mass is 32.2. The van der Waals surface area contributed by atoms with Crippen molar-refractivity contribution < 1.29 is 5.11 Å². The van der Waals surface area contributed by atoms with Crippen molar-refractivity contribution in [1.29, 1.82) is 0 Å². The molecule has 0 bridgehead atoms. The Balaban J connectivity index is 2.64. The standard InChI is InChI=1S/C15H25NOS/c1-11-6-7-14(8-12(11)2)18-13(3)9-15(4,10-17)16-5/h6-8,13,16-17H,9-10H2,1-5H3. The highest BCUT2D eigenvalue weighted by Crippen LogP contribution is 2.29. The fraction of sp³-hybridized carbons (Fsp3) is 0.600. The van der Waals surface area contributed by atoms with Gasteiger partial charge in [-0.25, -0.2) is 0 Å². The Bertz CT molecular complexity index is 388. The van der Waals surface area contributed by atoms with Crippen LogP contribution in [0.2, 0.25) is 0 Å². The van der Waals surface area contributed by atoms with Gasteiger partial charge in [-0.1, -0.05) is 13.0 Å². The molecule has 0 saturated heterocycles. The van der Waals surface area contributed by atoms with E-state index in [1.54, 1.807) is 0 Å². The molecular formula is C15H25NOS. The number of benzene rings is 1. The van der Waals surface area contributed by atoms with E-state index in [0.717, 1.165) is 6.42 Å². The van der Waals surface area contributed by atoms with E-state index in [4.69, 9.17) is 0 Å². The molecule has 0 fully saturated rings. The lowest BCUT2D eigenvalue weighted by Gasteiger charge is -2.29. The van der Waals surface area contributed by atoms with E-state index >= 15 is 0 Å². The second-order valence-corrected chi connectivity index (χ2v) is 6.86. The topological polar surface area (TPSA) is 32.3 Å². The third kappa shape index (κ3) is 4.30. The second kappa shape index (κ2) is 6.60. The summed E-state index contributed by atoms with van der Waals surface area (Å²) in [6.07, 6.45) is 0.942. The van der Waals surface area contributed by atoms with Gasteiger partial charge in [0.2, 0.25) is 0 Å². The molecule has 1 aromatic carbocycles. The van der Waals surface area contributed by atoms with Gasteiger partial charge >= 0.3 is 0 Å². The minimum atomic E-state index is -0.188. The Morgan fingerprint density at radius 3 is 2.50 bits per heavy atom.